The molecular formula is C54H68O12. The number of hydrogen-bond acceptors (Lipinski definition) is 11. The quantitative estimate of drug-likeness (QED) is 0.0301. The molecule has 2 aliphatic rings. The van der Waals surface area contributed by atoms with Crippen molar-refractivity contribution in [2.24, 2.45) is 10.8 Å². The Balaban J connectivity index is 1.94. The van der Waals surface area contributed by atoms with Gasteiger partial charge in [0.15, 0.2) is 23.8 Å². The molecule has 2 rings (SSSR count). The first kappa shape index (κ1) is 55.8. The number of allylic oxidation sites excluding steroid dienone is 20. The minimum atomic E-state index is -1.08. The molecule has 2 atom stereocenters. The molecule has 0 fully saturated rings. The molecule has 12 nitrogen and oxygen atoms in total. The third-order valence-electron chi connectivity index (χ3n) is 11.2. The number of aliphatic carboxylic acids is 1. The van der Waals surface area contributed by atoms with E-state index < -0.39 is 40.9 Å². The van der Waals surface area contributed by atoms with Crippen molar-refractivity contribution in [2.45, 2.75) is 139 Å². The fourth-order valence-corrected chi connectivity index (χ4v) is 7.39. The number of rotatable bonds is 25. The molecular weight excluding hydrogens is 841 g/mol. The van der Waals surface area contributed by atoms with Crippen molar-refractivity contribution in [3.8, 4) is 0 Å². The Bertz CT molecular complexity index is 2200. The standard InChI is InChI=1S/C54H68O12/c1-36(17-13-19-38(3)21-26-44-40(5)51(62)46(33-53(44,7)8)65-49(60)29-24-42(56)23-28-48(58)59)15-11-12-16-37(2)18-14-20-39(4)22-27-45-41(6)52(63)47(34-54(45,9)10)66-50(61)30-25-43(57)31-32-64-35-55/h11-22,26-27,35,46-47H,23-25,28-34H2,1-10H3,(H,58,59)/b12-11+,17-13+,18-14+,26-21+,27-22+,36-15+,37-16-,38-19+,39-20+. The Kier molecular flexibility index (Phi) is 23.0. The third kappa shape index (κ3) is 19.8. The van der Waals surface area contributed by atoms with E-state index in [0.717, 1.165) is 33.4 Å². The van der Waals surface area contributed by atoms with Crippen molar-refractivity contribution in [1.82, 2.24) is 0 Å². The Hall–Kier alpha value is -6.30. The number of esters is 2. The lowest BCUT2D eigenvalue weighted by atomic mass is 9.71. The summed E-state index contributed by atoms with van der Waals surface area (Å²) in [5.41, 5.74) is 5.93. The Morgan fingerprint density at radius 1 is 0.561 bits per heavy atom. The number of carboxylic acids is 1. The molecule has 12 heteroatoms. The highest BCUT2D eigenvalue weighted by Crippen LogP contribution is 2.42. The van der Waals surface area contributed by atoms with Gasteiger partial charge in [0, 0.05) is 38.5 Å². The van der Waals surface area contributed by atoms with Crippen LogP contribution in [-0.2, 0) is 52.6 Å². The molecule has 2 aliphatic carbocycles. The van der Waals surface area contributed by atoms with Crippen LogP contribution in [0.2, 0.25) is 0 Å². The van der Waals surface area contributed by atoms with Crippen molar-refractivity contribution < 1.29 is 57.7 Å². The van der Waals surface area contributed by atoms with E-state index in [0.29, 0.717) is 24.0 Å². The topological polar surface area (TPSA) is 184 Å². The number of ether oxygens (including phenoxy) is 3. The molecule has 1 N–H and O–H groups in total. The molecule has 0 aliphatic heterocycles. The predicted molar refractivity (Wildman–Crippen MR) is 255 cm³/mol. The maximum atomic E-state index is 13.2. The predicted octanol–water partition coefficient (Wildman–Crippen LogP) is 10.1. The maximum absolute atomic E-state index is 13.2. The van der Waals surface area contributed by atoms with Gasteiger partial charge in [0.1, 0.15) is 11.6 Å². The molecule has 0 amide bonds. The van der Waals surface area contributed by atoms with E-state index in [2.05, 4.69) is 4.74 Å². The highest BCUT2D eigenvalue weighted by atomic mass is 16.6. The van der Waals surface area contributed by atoms with Gasteiger partial charge < -0.3 is 19.3 Å². The molecule has 0 saturated heterocycles. The van der Waals surface area contributed by atoms with Gasteiger partial charge in [-0.15, -0.1) is 0 Å². The Labute approximate surface area is 390 Å². The van der Waals surface area contributed by atoms with Crippen LogP contribution in [0.25, 0.3) is 0 Å². The molecule has 2 unspecified atom stereocenters. The van der Waals surface area contributed by atoms with Crippen molar-refractivity contribution in [2.75, 3.05) is 6.61 Å². The van der Waals surface area contributed by atoms with E-state index in [1.165, 1.54) is 0 Å². The number of Topliss-reactive ketones (excluding diaryl/α,β-unsaturated/α-hetero) is 4. The van der Waals surface area contributed by atoms with Crippen LogP contribution in [0.15, 0.2) is 130 Å². The van der Waals surface area contributed by atoms with Gasteiger partial charge >= 0.3 is 17.9 Å². The fraction of sp³-hybridized carbons (Fsp3) is 0.444. The van der Waals surface area contributed by atoms with Crippen LogP contribution in [0.4, 0.5) is 0 Å². The van der Waals surface area contributed by atoms with Crippen LogP contribution in [0, 0.1) is 10.8 Å². The van der Waals surface area contributed by atoms with E-state index in [4.69, 9.17) is 14.6 Å². The second-order valence-electron chi connectivity index (χ2n) is 18.0. The molecule has 0 aromatic heterocycles. The normalized spacial score (nSPS) is 19.8. The van der Waals surface area contributed by atoms with Crippen LogP contribution in [-0.4, -0.2) is 71.4 Å². The van der Waals surface area contributed by atoms with Crippen LogP contribution >= 0.6 is 0 Å². The lowest BCUT2D eigenvalue weighted by molar-refractivity contribution is -0.156. The Morgan fingerprint density at radius 3 is 1.32 bits per heavy atom. The van der Waals surface area contributed by atoms with Crippen molar-refractivity contribution in [3.63, 3.8) is 0 Å². The zero-order valence-electron chi connectivity index (χ0n) is 40.3. The molecule has 0 radical (unpaired) electrons. The molecule has 0 aromatic carbocycles. The summed E-state index contributed by atoms with van der Waals surface area (Å²) in [7, 11) is 0. The van der Waals surface area contributed by atoms with Crippen LogP contribution in [0.3, 0.4) is 0 Å². The minimum absolute atomic E-state index is 0.0210. The van der Waals surface area contributed by atoms with Gasteiger partial charge in [-0.1, -0.05) is 135 Å². The summed E-state index contributed by atoms with van der Waals surface area (Å²) in [6, 6.07) is 0. The molecule has 0 saturated carbocycles. The summed E-state index contributed by atoms with van der Waals surface area (Å²) in [4.78, 5) is 95.9. The first-order chi connectivity index (χ1) is 31.0. The summed E-state index contributed by atoms with van der Waals surface area (Å²) in [5.74, 6) is -3.44. The van der Waals surface area contributed by atoms with E-state index >= 15 is 0 Å². The molecule has 0 bridgehead atoms. The van der Waals surface area contributed by atoms with E-state index in [-0.39, 0.29) is 81.2 Å². The van der Waals surface area contributed by atoms with Gasteiger partial charge in [-0.3, -0.25) is 38.4 Å². The molecule has 0 spiro atoms. The number of carboxylic acid groups (broad SMARTS) is 1. The SMILES string of the molecule is CC1=C(/C=C/C(C)=C/C=C/C(C)=C\C=C\C=C(C)\C=C\C=C(C)\C=C\C2=C(C)C(=O)C(OC(=O)CCC(=O)CCC(=O)O)CC2(C)C)C(C)(C)CC(OC(=O)CCC(=O)CCOC=O)C1=O. The van der Waals surface area contributed by atoms with Crippen molar-refractivity contribution in [3.05, 3.63) is 130 Å². The summed E-state index contributed by atoms with van der Waals surface area (Å²) >= 11 is 0. The maximum Gasteiger partial charge on any atom is 0.306 e. The van der Waals surface area contributed by atoms with E-state index in [9.17, 15) is 38.4 Å². The van der Waals surface area contributed by atoms with Crippen molar-refractivity contribution >= 4 is 47.5 Å². The zero-order valence-corrected chi connectivity index (χ0v) is 40.3. The first-order valence-corrected chi connectivity index (χ1v) is 22.3. The number of carbonyl (C=O) groups excluding carboxylic acids is 7. The third-order valence-corrected chi connectivity index (χ3v) is 11.2. The zero-order chi connectivity index (χ0) is 49.6. The van der Waals surface area contributed by atoms with E-state index in [1.807, 2.05) is 140 Å². The Morgan fingerprint density at radius 2 is 0.924 bits per heavy atom. The number of carbonyl (C=O) groups is 8. The summed E-state index contributed by atoms with van der Waals surface area (Å²) in [5, 5.41) is 8.73. The monoisotopic (exact) mass is 908 g/mol. The minimum Gasteiger partial charge on any atom is -0.481 e. The number of hydrogen-bond donors (Lipinski definition) is 1. The van der Waals surface area contributed by atoms with Gasteiger partial charge in [-0.25, -0.2) is 0 Å². The molecule has 0 heterocycles. The summed E-state index contributed by atoms with van der Waals surface area (Å²) in [6.45, 7) is 19.6. The van der Waals surface area contributed by atoms with Gasteiger partial charge in [-0.2, -0.15) is 0 Å². The van der Waals surface area contributed by atoms with Crippen LogP contribution in [0.1, 0.15) is 127 Å². The second-order valence-corrected chi connectivity index (χ2v) is 18.0. The molecule has 356 valence electrons. The van der Waals surface area contributed by atoms with Crippen molar-refractivity contribution in [1.29, 1.82) is 0 Å². The molecule has 0 aromatic rings. The summed E-state index contributed by atoms with van der Waals surface area (Å²) in [6.07, 6.45) is 25.4. The van der Waals surface area contributed by atoms with Crippen LogP contribution < -0.4 is 0 Å². The van der Waals surface area contributed by atoms with Gasteiger partial charge in [0.2, 0.25) is 0 Å². The first-order valence-electron chi connectivity index (χ1n) is 22.3. The fourth-order valence-electron chi connectivity index (χ4n) is 7.39. The van der Waals surface area contributed by atoms with E-state index in [1.54, 1.807) is 13.8 Å². The number of ketones is 4. The second kappa shape index (κ2) is 27.2. The summed E-state index contributed by atoms with van der Waals surface area (Å²) < 4.78 is 15.5. The lowest BCUT2D eigenvalue weighted by Crippen LogP contribution is -2.39. The highest BCUT2D eigenvalue weighted by Gasteiger charge is 2.41. The average molecular weight is 909 g/mol. The van der Waals surface area contributed by atoms with Gasteiger partial charge in [0.05, 0.1) is 25.9 Å². The lowest BCUT2D eigenvalue weighted by Gasteiger charge is -2.36. The van der Waals surface area contributed by atoms with Crippen LogP contribution in [0.5, 0.6) is 0 Å². The average Bonchev–Trinajstić information content (AvgIpc) is 3.23. The van der Waals surface area contributed by atoms with Gasteiger partial charge in [0.25, 0.3) is 6.47 Å². The highest BCUT2D eigenvalue weighted by molar-refractivity contribution is 6.02. The van der Waals surface area contributed by atoms with Gasteiger partial charge in [-0.05, 0) is 74.7 Å². The molecule has 66 heavy (non-hydrogen) atoms. The largest absolute Gasteiger partial charge is 0.481 e. The smallest absolute Gasteiger partial charge is 0.306 e.